The summed E-state index contributed by atoms with van der Waals surface area (Å²) in [5.41, 5.74) is 9.68. The number of aryl methyl sites for hydroxylation is 2. The average Bonchev–Trinajstić information content (AvgIpc) is 2.35. The molecule has 0 radical (unpaired) electrons. The smallest absolute Gasteiger partial charge is 0.0438 e. The van der Waals surface area contributed by atoms with E-state index in [1.165, 1.54) is 11.1 Å². The van der Waals surface area contributed by atoms with Gasteiger partial charge in [-0.15, -0.1) is 0 Å². The monoisotopic (exact) mass is 181 g/mol. The van der Waals surface area contributed by atoms with Crippen molar-refractivity contribution in [1.82, 2.24) is 0 Å². The first-order chi connectivity index (χ1) is 5.68. The Morgan fingerprint density at radius 1 is 1.50 bits per heavy atom. The maximum absolute atomic E-state index is 6.00. The third-order valence-electron chi connectivity index (χ3n) is 2.54. The van der Waals surface area contributed by atoms with Gasteiger partial charge in [0, 0.05) is 11.1 Å². The van der Waals surface area contributed by atoms with Gasteiger partial charge in [-0.05, 0) is 42.5 Å². The number of fused-ring (bicyclic) bond motifs is 1. The minimum Gasteiger partial charge on any atom is -0.324 e. The van der Waals surface area contributed by atoms with E-state index in [1.54, 1.807) is 0 Å². The molecule has 2 rings (SSSR count). The molecule has 0 unspecified atom stereocenters. The van der Waals surface area contributed by atoms with Gasteiger partial charge in [-0.3, -0.25) is 0 Å². The van der Waals surface area contributed by atoms with E-state index in [1.807, 2.05) is 13.0 Å². The van der Waals surface area contributed by atoms with Gasteiger partial charge in [-0.25, -0.2) is 0 Å². The second kappa shape index (κ2) is 2.75. The van der Waals surface area contributed by atoms with Crippen LogP contribution in [0, 0.1) is 6.92 Å². The van der Waals surface area contributed by atoms with Crippen molar-refractivity contribution in [1.29, 1.82) is 0 Å². The summed E-state index contributed by atoms with van der Waals surface area (Å²) < 4.78 is 0. The lowest BCUT2D eigenvalue weighted by atomic mass is 10.1. The highest BCUT2D eigenvalue weighted by Crippen LogP contribution is 2.32. The van der Waals surface area contributed by atoms with Crippen molar-refractivity contribution in [3.05, 3.63) is 33.8 Å². The first-order valence-electron chi connectivity index (χ1n) is 4.23. The molecule has 2 N–H and O–H groups in total. The summed E-state index contributed by atoms with van der Waals surface area (Å²) in [5, 5.41) is 0.839. The average molecular weight is 182 g/mol. The predicted molar refractivity (Wildman–Crippen MR) is 51.4 cm³/mol. The van der Waals surface area contributed by atoms with E-state index in [9.17, 15) is 0 Å². The quantitative estimate of drug-likeness (QED) is 0.654. The fraction of sp³-hybridized carbons (Fsp3) is 0.400. The topological polar surface area (TPSA) is 26.0 Å². The van der Waals surface area contributed by atoms with Crippen LogP contribution in [0.25, 0.3) is 0 Å². The summed E-state index contributed by atoms with van der Waals surface area (Å²) >= 11 is 6.00. The highest BCUT2D eigenvalue weighted by molar-refractivity contribution is 6.31. The fourth-order valence-corrected chi connectivity index (χ4v) is 1.96. The largest absolute Gasteiger partial charge is 0.324 e. The van der Waals surface area contributed by atoms with Crippen molar-refractivity contribution in [3.63, 3.8) is 0 Å². The first-order valence-corrected chi connectivity index (χ1v) is 4.61. The molecule has 12 heavy (non-hydrogen) atoms. The molecule has 0 amide bonds. The van der Waals surface area contributed by atoms with Crippen LogP contribution in [0.4, 0.5) is 0 Å². The van der Waals surface area contributed by atoms with Crippen molar-refractivity contribution in [3.8, 4) is 0 Å². The van der Waals surface area contributed by atoms with Gasteiger partial charge in [0.2, 0.25) is 0 Å². The Kier molecular flexibility index (Phi) is 1.85. The number of benzene rings is 1. The number of nitrogens with two attached hydrogens (primary N) is 1. The summed E-state index contributed by atoms with van der Waals surface area (Å²) in [6, 6.07) is 4.38. The van der Waals surface area contributed by atoms with Crippen molar-refractivity contribution in [2.24, 2.45) is 5.73 Å². The SMILES string of the molecule is Cc1cc2c(cc1Cl)[C@H](N)CC2. The van der Waals surface area contributed by atoms with E-state index in [0.29, 0.717) is 0 Å². The second-order valence-corrected chi connectivity index (χ2v) is 3.85. The molecule has 1 nitrogen and oxygen atoms in total. The molecular weight excluding hydrogens is 170 g/mol. The summed E-state index contributed by atoms with van der Waals surface area (Å²) in [5.74, 6) is 0. The lowest BCUT2D eigenvalue weighted by Crippen LogP contribution is -2.05. The maximum Gasteiger partial charge on any atom is 0.0438 e. The lowest BCUT2D eigenvalue weighted by Gasteiger charge is -2.06. The molecule has 0 saturated carbocycles. The van der Waals surface area contributed by atoms with E-state index in [4.69, 9.17) is 17.3 Å². The Balaban J connectivity index is 2.56. The summed E-state index contributed by atoms with van der Waals surface area (Å²) in [6.45, 7) is 2.03. The summed E-state index contributed by atoms with van der Waals surface area (Å²) in [7, 11) is 0. The molecule has 0 aromatic heterocycles. The van der Waals surface area contributed by atoms with Gasteiger partial charge in [0.25, 0.3) is 0 Å². The van der Waals surface area contributed by atoms with Crippen LogP contribution in [0.5, 0.6) is 0 Å². The van der Waals surface area contributed by atoms with Crippen molar-refractivity contribution < 1.29 is 0 Å². The third kappa shape index (κ3) is 1.13. The Morgan fingerprint density at radius 3 is 3.00 bits per heavy atom. The van der Waals surface area contributed by atoms with Gasteiger partial charge in [0.05, 0.1) is 0 Å². The zero-order valence-corrected chi connectivity index (χ0v) is 7.86. The van der Waals surface area contributed by atoms with Crippen molar-refractivity contribution >= 4 is 11.6 Å². The molecule has 0 bridgehead atoms. The minimum absolute atomic E-state index is 0.207. The molecule has 1 aromatic rings. The minimum atomic E-state index is 0.207. The van der Waals surface area contributed by atoms with Crippen LogP contribution < -0.4 is 5.73 Å². The Labute approximate surface area is 77.5 Å². The highest BCUT2D eigenvalue weighted by Gasteiger charge is 2.19. The van der Waals surface area contributed by atoms with Crippen LogP contribution in [0.15, 0.2) is 12.1 Å². The molecule has 1 aliphatic carbocycles. The zero-order chi connectivity index (χ0) is 8.72. The molecule has 0 fully saturated rings. The predicted octanol–water partition coefficient (Wildman–Crippen LogP) is 2.59. The van der Waals surface area contributed by atoms with Gasteiger partial charge in [-0.1, -0.05) is 17.7 Å². The standard InChI is InChI=1S/C10H12ClN/c1-6-4-7-2-3-10(12)8(7)5-9(6)11/h4-5,10H,2-3,12H2,1H3/t10-/m1/s1. The van der Waals surface area contributed by atoms with Gasteiger partial charge < -0.3 is 5.73 Å². The van der Waals surface area contributed by atoms with Gasteiger partial charge in [0.15, 0.2) is 0 Å². The Hall–Kier alpha value is -0.530. The van der Waals surface area contributed by atoms with E-state index >= 15 is 0 Å². The van der Waals surface area contributed by atoms with Crippen LogP contribution in [0.2, 0.25) is 5.02 Å². The molecule has 0 heterocycles. The Morgan fingerprint density at radius 2 is 2.25 bits per heavy atom. The van der Waals surface area contributed by atoms with Gasteiger partial charge in [0.1, 0.15) is 0 Å². The first kappa shape index (κ1) is 8.09. The van der Waals surface area contributed by atoms with Crippen LogP contribution in [0.1, 0.15) is 29.2 Å². The number of rotatable bonds is 0. The van der Waals surface area contributed by atoms with Crippen molar-refractivity contribution in [2.45, 2.75) is 25.8 Å². The molecule has 0 aliphatic heterocycles. The van der Waals surface area contributed by atoms with Gasteiger partial charge in [-0.2, -0.15) is 0 Å². The van der Waals surface area contributed by atoms with Crippen LogP contribution in [-0.4, -0.2) is 0 Å². The molecule has 1 aromatic carbocycles. The molecule has 1 aliphatic rings. The molecule has 2 heteroatoms. The zero-order valence-electron chi connectivity index (χ0n) is 7.10. The second-order valence-electron chi connectivity index (χ2n) is 3.45. The van der Waals surface area contributed by atoms with Crippen LogP contribution in [-0.2, 0) is 6.42 Å². The number of hydrogen-bond acceptors (Lipinski definition) is 1. The van der Waals surface area contributed by atoms with E-state index < -0.39 is 0 Å². The van der Waals surface area contributed by atoms with E-state index in [2.05, 4.69) is 6.07 Å². The van der Waals surface area contributed by atoms with E-state index in [-0.39, 0.29) is 6.04 Å². The molecule has 0 saturated heterocycles. The maximum atomic E-state index is 6.00. The Bertz CT molecular complexity index is 320. The highest BCUT2D eigenvalue weighted by atomic mass is 35.5. The normalized spacial score (nSPS) is 21.1. The van der Waals surface area contributed by atoms with E-state index in [0.717, 1.165) is 23.4 Å². The third-order valence-corrected chi connectivity index (χ3v) is 2.95. The van der Waals surface area contributed by atoms with Crippen LogP contribution in [0.3, 0.4) is 0 Å². The molecule has 64 valence electrons. The summed E-state index contributed by atoms with van der Waals surface area (Å²) in [6.07, 6.45) is 2.17. The molecule has 1 atom stereocenters. The van der Waals surface area contributed by atoms with Gasteiger partial charge >= 0.3 is 0 Å². The summed E-state index contributed by atoms with van der Waals surface area (Å²) in [4.78, 5) is 0. The number of halogens is 1. The molecule has 0 spiro atoms. The lowest BCUT2D eigenvalue weighted by molar-refractivity contribution is 0.713. The van der Waals surface area contributed by atoms with Crippen molar-refractivity contribution in [2.75, 3.05) is 0 Å². The fourth-order valence-electron chi connectivity index (χ4n) is 1.78. The van der Waals surface area contributed by atoms with Crippen LogP contribution >= 0.6 is 11.6 Å². The number of hydrogen-bond donors (Lipinski definition) is 1. The molecular formula is C10H12ClN.